The van der Waals surface area contributed by atoms with E-state index in [0.717, 1.165) is 10.0 Å². The maximum absolute atomic E-state index is 12.8. The quantitative estimate of drug-likeness (QED) is 0.743. The van der Waals surface area contributed by atoms with E-state index in [2.05, 4.69) is 27.0 Å². The van der Waals surface area contributed by atoms with E-state index in [-0.39, 0.29) is 4.90 Å². The molecule has 0 saturated carbocycles. The van der Waals surface area contributed by atoms with Crippen LogP contribution >= 0.6 is 27.7 Å². The standard InChI is InChI=1S/C17H17BrN2O2S2/c1-13-3-2-4-14(11-13)12-23-17-19-9-10-20(17)24(21,22)16-7-5-15(18)6-8-16/h2-8,11H,9-10,12H2,1H3. The summed E-state index contributed by atoms with van der Waals surface area (Å²) in [6.07, 6.45) is 0. The SMILES string of the molecule is Cc1cccc(CSC2=NCCN2S(=O)(=O)c2ccc(Br)cc2)c1. The Kier molecular flexibility index (Phi) is 5.32. The van der Waals surface area contributed by atoms with Crippen LogP contribution < -0.4 is 0 Å². The number of aryl methyl sites for hydroxylation is 1. The number of rotatable bonds is 4. The number of halogens is 1. The molecule has 2 aromatic carbocycles. The number of thioether (sulfide) groups is 1. The average molecular weight is 425 g/mol. The van der Waals surface area contributed by atoms with Crippen molar-refractivity contribution in [2.24, 2.45) is 4.99 Å². The lowest BCUT2D eigenvalue weighted by Gasteiger charge is -2.20. The van der Waals surface area contributed by atoms with Crippen LogP contribution in [0.2, 0.25) is 0 Å². The summed E-state index contributed by atoms with van der Waals surface area (Å²) in [4.78, 5) is 4.67. The highest BCUT2D eigenvalue weighted by atomic mass is 79.9. The summed E-state index contributed by atoms with van der Waals surface area (Å²) in [5, 5.41) is 0.569. The summed E-state index contributed by atoms with van der Waals surface area (Å²) in [5.74, 6) is 0.701. The van der Waals surface area contributed by atoms with Gasteiger partial charge in [-0.25, -0.2) is 12.7 Å². The number of aliphatic imine (C=N–C) groups is 1. The molecule has 1 aliphatic rings. The Hall–Kier alpha value is -1.31. The van der Waals surface area contributed by atoms with Crippen molar-refractivity contribution in [2.75, 3.05) is 13.1 Å². The first-order chi connectivity index (χ1) is 11.5. The number of amidine groups is 1. The number of sulfonamides is 1. The Bertz CT molecular complexity index is 864. The topological polar surface area (TPSA) is 49.7 Å². The van der Waals surface area contributed by atoms with Crippen molar-refractivity contribution in [1.82, 2.24) is 4.31 Å². The normalized spacial score (nSPS) is 14.8. The van der Waals surface area contributed by atoms with Crippen LogP contribution in [-0.4, -0.2) is 31.0 Å². The van der Waals surface area contributed by atoms with Gasteiger partial charge in [-0.15, -0.1) is 0 Å². The van der Waals surface area contributed by atoms with Crippen LogP contribution in [0, 0.1) is 6.92 Å². The largest absolute Gasteiger partial charge is 0.265 e. The second kappa shape index (κ2) is 7.29. The van der Waals surface area contributed by atoms with Gasteiger partial charge in [-0.3, -0.25) is 4.99 Å². The van der Waals surface area contributed by atoms with Crippen molar-refractivity contribution in [3.05, 3.63) is 64.1 Å². The minimum atomic E-state index is -3.56. The van der Waals surface area contributed by atoms with Gasteiger partial charge < -0.3 is 0 Å². The van der Waals surface area contributed by atoms with Crippen LogP contribution in [-0.2, 0) is 15.8 Å². The van der Waals surface area contributed by atoms with Crippen molar-refractivity contribution in [1.29, 1.82) is 0 Å². The molecule has 0 radical (unpaired) electrons. The van der Waals surface area contributed by atoms with Crippen molar-refractivity contribution in [3.8, 4) is 0 Å². The first-order valence-corrected chi connectivity index (χ1v) is 10.7. The van der Waals surface area contributed by atoms with E-state index in [4.69, 9.17) is 0 Å². The molecule has 0 amide bonds. The summed E-state index contributed by atoms with van der Waals surface area (Å²) in [6, 6.07) is 14.9. The Morgan fingerprint density at radius 2 is 1.96 bits per heavy atom. The second-order valence-corrected chi connectivity index (χ2v) is 9.19. The molecule has 126 valence electrons. The van der Waals surface area contributed by atoms with E-state index in [1.165, 1.54) is 21.6 Å². The van der Waals surface area contributed by atoms with Gasteiger partial charge in [0, 0.05) is 10.2 Å². The van der Waals surface area contributed by atoms with Gasteiger partial charge in [0.25, 0.3) is 10.0 Å². The molecule has 24 heavy (non-hydrogen) atoms. The Morgan fingerprint density at radius 1 is 1.21 bits per heavy atom. The van der Waals surface area contributed by atoms with Crippen molar-refractivity contribution >= 4 is 42.9 Å². The molecule has 0 unspecified atom stereocenters. The molecule has 0 aromatic heterocycles. The van der Waals surface area contributed by atoms with Crippen LogP contribution in [0.3, 0.4) is 0 Å². The summed E-state index contributed by atoms with van der Waals surface area (Å²) >= 11 is 4.79. The summed E-state index contributed by atoms with van der Waals surface area (Å²) in [6.45, 7) is 2.95. The van der Waals surface area contributed by atoms with Crippen LogP contribution in [0.1, 0.15) is 11.1 Å². The van der Waals surface area contributed by atoms with E-state index in [1.807, 2.05) is 25.1 Å². The van der Waals surface area contributed by atoms with Crippen LogP contribution in [0.15, 0.2) is 62.9 Å². The number of benzene rings is 2. The molecule has 3 rings (SSSR count). The molecule has 2 aromatic rings. The van der Waals surface area contributed by atoms with Gasteiger partial charge in [0.1, 0.15) is 0 Å². The maximum Gasteiger partial charge on any atom is 0.265 e. The van der Waals surface area contributed by atoms with Gasteiger partial charge in [-0.05, 0) is 36.8 Å². The second-order valence-electron chi connectivity index (χ2n) is 5.47. The first-order valence-electron chi connectivity index (χ1n) is 7.48. The van der Waals surface area contributed by atoms with Crippen molar-refractivity contribution in [2.45, 2.75) is 17.6 Å². The molecule has 0 atom stereocenters. The Labute approximate surface area is 155 Å². The van der Waals surface area contributed by atoms with Crippen LogP contribution in [0.25, 0.3) is 0 Å². The van der Waals surface area contributed by atoms with E-state index >= 15 is 0 Å². The number of nitrogens with zero attached hydrogens (tertiary/aromatic N) is 2. The highest BCUT2D eigenvalue weighted by Gasteiger charge is 2.30. The minimum absolute atomic E-state index is 0.288. The summed E-state index contributed by atoms with van der Waals surface area (Å²) in [7, 11) is -3.56. The third kappa shape index (κ3) is 3.84. The van der Waals surface area contributed by atoms with E-state index in [1.54, 1.807) is 24.3 Å². The molecule has 0 saturated heterocycles. The van der Waals surface area contributed by atoms with Gasteiger partial charge in [0.2, 0.25) is 0 Å². The molecule has 0 spiro atoms. The van der Waals surface area contributed by atoms with Gasteiger partial charge >= 0.3 is 0 Å². The maximum atomic E-state index is 12.8. The first kappa shape index (κ1) is 17.5. The highest BCUT2D eigenvalue weighted by molar-refractivity contribution is 9.10. The third-order valence-electron chi connectivity index (χ3n) is 3.62. The predicted octanol–water partition coefficient (Wildman–Crippen LogP) is 4.05. The molecule has 7 heteroatoms. The summed E-state index contributed by atoms with van der Waals surface area (Å²) < 4.78 is 27.9. The smallest absolute Gasteiger partial charge is 0.260 e. The zero-order valence-corrected chi connectivity index (χ0v) is 16.4. The third-order valence-corrected chi connectivity index (χ3v) is 7.15. The number of hydrogen-bond donors (Lipinski definition) is 0. The molecule has 0 fully saturated rings. The molecule has 0 bridgehead atoms. The zero-order chi connectivity index (χ0) is 17.2. The van der Waals surface area contributed by atoms with E-state index in [0.29, 0.717) is 24.0 Å². The van der Waals surface area contributed by atoms with Crippen molar-refractivity contribution < 1.29 is 8.42 Å². The fraction of sp³-hybridized carbons (Fsp3) is 0.235. The highest BCUT2D eigenvalue weighted by Crippen LogP contribution is 2.26. The Balaban J connectivity index is 1.76. The Morgan fingerprint density at radius 3 is 2.67 bits per heavy atom. The van der Waals surface area contributed by atoms with E-state index in [9.17, 15) is 8.42 Å². The molecule has 1 aliphatic heterocycles. The fourth-order valence-electron chi connectivity index (χ4n) is 2.44. The minimum Gasteiger partial charge on any atom is -0.260 e. The predicted molar refractivity (Wildman–Crippen MR) is 103 cm³/mol. The van der Waals surface area contributed by atoms with Gasteiger partial charge in [0.05, 0.1) is 18.0 Å². The lowest BCUT2D eigenvalue weighted by atomic mass is 10.2. The molecular formula is C17H17BrN2O2S2. The molecular weight excluding hydrogens is 408 g/mol. The van der Waals surface area contributed by atoms with Gasteiger partial charge in [-0.1, -0.05) is 57.5 Å². The van der Waals surface area contributed by atoms with Gasteiger partial charge in [0.15, 0.2) is 5.17 Å². The van der Waals surface area contributed by atoms with E-state index < -0.39 is 10.0 Å². The fourth-order valence-corrected chi connectivity index (χ4v) is 5.37. The lowest BCUT2D eigenvalue weighted by Crippen LogP contribution is -2.32. The summed E-state index contributed by atoms with van der Waals surface area (Å²) in [5.41, 5.74) is 2.36. The molecule has 4 nitrogen and oxygen atoms in total. The van der Waals surface area contributed by atoms with Crippen molar-refractivity contribution in [3.63, 3.8) is 0 Å². The van der Waals surface area contributed by atoms with Crippen LogP contribution in [0.5, 0.6) is 0 Å². The lowest BCUT2D eigenvalue weighted by molar-refractivity contribution is 0.540. The molecule has 0 aliphatic carbocycles. The number of hydrogen-bond acceptors (Lipinski definition) is 4. The molecule has 1 heterocycles. The van der Waals surface area contributed by atoms with Gasteiger partial charge in [-0.2, -0.15) is 0 Å². The zero-order valence-electron chi connectivity index (χ0n) is 13.1. The average Bonchev–Trinajstić information content (AvgIpc) is 3.03. The van der Waals surface area contributed by atoms with Crippen LogP contribution in [0.4, 0.5) is 0 Å². The monoisotopic (exact) mass is 424 g/mol. The molecule has 0 N–H and O–H groups in total.